The first kappa shape index (κ1) is 10.6. The smallest absolute Gasteiger partial charge is 0.0775 e. The van der Waals surface area contributed by atoms with Crippen molar-refractivity contribution in [3.63, 3.8) is 0 Å². The topological polar surface area (TPSA) is 36.7 Å². The van der Waals surface area contributed by atoms with Crippen molar-refractivity contribution in [2.75, 3.05) is 0 Å². The van der Waals surface area contributed by atoms with Gasteiger partial charge in [0, 0.05) is 5.39 Å². The number of pyridine rings is 1. The van der Waals surface area contributed by atoms with E-state index >= 15 is 0 Å². The molecule has 2 heteroatoms. The third-order valence-corrected chi connectivity index (χ3v) is 3.03. The average Bonchev–Trinajstić information content (AvgIpc) is 2.25. The van der Waals surface area contributed by atoms with Crippen LogP contribution in [0.5, 0.6) is 0 Å². The molecule has 0 aliphatic carbocycles. The monoisotopic (exact) mass is 210 g/mol. The van der Waals surface area contributed by atoms with Gasteiger partial charge in [-0.25, -0.2) is 0 Å². The van der Waals surface area contributed by atoms with Crippen LogP contribution in [0.2, 0.25) is 0 Å². The van der Waals surface area contributed by atoms with Gasteiger partial charge in [0.05, 0.1) is 23.7 Å². The number of fused-ring (bicyclic) bond motifs is 1. The van der Waals surface area contributed by atoms with Gasteiger partial charge in [-0.15, -0.1) is 0 Å². The molecule has 0 saturated carbocycles. The molecule has 16 heavy (non-hydrogen) atoms. The second kappa shape index (κ2) is 3.94. The quantitative estimate of drug-likeness (QED) is 0.724. The van der Waals surface area contributed by atoms with Crippen molar-refractivity contribution in [1.82, 2.24) is 4.98 Å². The van der Waals surface area contributed by atoms with Crippen LogP contribution in [0.4, 0.5) is 0 Å². The first-order valence-electron chi connectivity index (χ1n) is 5.37. The van der Waals surface area contributed by atoms with Gasteiger partial charge in [-0.05, 0) is 43.5 Å². The molecule has 0 unspecified atom stereocenters. The SMILES string of the molecule is Cc1ccc2c(C)cc(CC#N)nc2c1C. The van der Waals surface area contributed by atoms with Gasteiger partial charge in [-0.2, -0.15) is 5.26 Å². The van der Waals surface area contributed by atoms with Crippen LogP contribution in [0.15, 0.2) is 18.2 Å². The Morgan fingerprint density at radius 3 is 2.62 bits per heavy atom. The molecule has 0 aliphatic rings. The van der Waals surface area contributed by atoms with E-state index in [1.165, 1.54) is 22.1 Å². The Bertz CT molecular complexity index is 592. The van der Waals surface area contributed by atoms with E-state index in [9.17, 15) is 0 Å². The molecule has 0 N–H and O–H groups in total. The van der Waals surface area contributed by atoms with Crippen LogP contribution in [0.3, 0.4) is 0 Å². The number of aromatic nitrogens is 1. The van der Waals surface area contributed by atoms with E-state index in [1.807, 2.05) is 6.07 Å². The van der Waals surface area contributed by atoms with Gasteiger partial charge in [0.15, 0.2) is 0 Å². The van der Waals surface area contributed by atoms with Crippen LogP contribution >= 0.6 is 0 Å². The Morgan fingerprint density at radius 2 is 1.94 bits per heavy atom. The number of benzene rings is 1. The minimum absolute atomic E-state index is 0.379. The van der Waals surface area contributed by atoms with Crippen LogP contribution in [0.25, 0.3) is 10.9 Å². The largest absolute Gasteiger partial charge is 0.251 e. The van der Waals surface area contributed by atoms with Gasteiger partial charge in [0.1, 0.15) is 0 Å². The van der Waals surface area contributed by atoms with Gasteiger partial charge >= 0.3 is 0 Å². The highest BCUT2D eigenvalue weighted by Crippen LogP contribution is 2.23. The molecule has 2 rings (SSSR count). The van der Waals surface area contributed by atoms with E-state index < -0.39 is 0 Å². The van der Waals surface area contributed by atoms with Crippen molar-refractivity contribution in [1.29, 1.82) is 5.26 Å². The summed E-state index contributed by atoms with van der Waals surface area (Å²) >= 11 is 0. The van der Waals surface area contributed by atoms with Crippen LogP contribution in [-0.4, -0.2) is 4.98 Å². The first-order valence-corrected chi connectivity index (χ1v) is 5.37. The maximum absolute atomic E-state index is 8.72. The molecular weight excluding hydrogens is 196 g/mol. The molecule has 80 valence electrons. The molecule has 0 aliphatic heterocycles. The van der Waals surface area contributed by atoms with Gasteiger partial charge in [0.25, 0.3) is 0 Å². The van der Waals surface area contributed by atoms with E-state index in [2.05, 4.69) is 44.0 Å². The zero-order chi connectivity index (χ0) is 11.7. The standard InChI is InChI=1S/C14H14N2/c1-9-4-5-13-10(2)8-12(6-7-15)16-14(13)11(9)3/h4-5,8H,6H2,1-3H3. The number of nitrogens with zero attached hydrogens (tertiary/aromatic N) is 2. The van der Waals surface area contributed by atoms with Crippen LogP contribution < -0.4 is 0 Å². The van der Waals surface area contributed by atoms with Gasteiger partial charge < -0.3 is 0 Å². The third-order valence-electron chi connectivity index (χ3n) is 3.03. The number of nitriles is 1. The van der Waals surface area contributed by atoms with E-state index in [-0.39, 0.29) is 0 Å². The first-order chi connectivity index (χ1) is 7.63. The molecule has 0 spiro atoms. The third kappa shape index (κ3) is 1.65. The minimum Gasteiger partial charge on any atom is -0.251 e. The summed E-state index contributed by atoms with van der Waals surface area (Å²) in [7, 11) is 0. The fraction of sp³-hybridized carbons (Fsp3) is 0.286. The van der Waals surface area contributed by atoms with E-state index in [0.717, 1.165) is 11.2 Å². The van der Waals surface area contributed by atoms with Crippen molar-refractivity contribution in [2.45, 2.75) is 27.2 Å². The van der Waals surface area contributed by atoms with Crippen LogP contribution in [0, 0.1) is 32.1 Å². The summed E-state index contributed by atoms with van der Waals surface area (Å²) in [6.07, 6.45) is 0.379. The maximum atomic E-state index is 8.72. The van der Waals surface area contributed by atoms with Crippen LogP contribution in [-0.2, 0) is 6.42 Å². The summed E-state index contributed by atoms with van der Waals surface area (Å²) in [5.74, 6) is 0. The van der Waals surface area contributed by atoms with Gasteiger partial charge in [-0.3, -0.25) is 4.98 Å². The second-order valence-corrected chi connectivity index (χ2v) is 4.17. The lowest BCUT2D eigenvalue weighted by atomic mass is 10.0. The number of hydrogen-bond acceptors (Lipinski definition) is 2. The molecule has 1 aromatic heterocycles. The van der Waals surface area contributed by atoms with Crippen molar-refractivity contribution in [2.24, 2.45) is 0 Å². The van der Waals surface area contributed by atoms with Crippen molar-refractivity contribution in [3.8, 4) is 6.07 Å². The van der Waals surface area contributed by atoms with E-state index in [0.29, 0.717) is 6.42 Å². The lowest BCUT2D eigenvalue weighted by molar-refractivity contribution is 1.13. The lowest BCUT2D eigenvalue weighted by Crippen LogP contribution is -1.95. The zero-order valence-corrected chi connectivity index (χ0v) is 9.83. The van der Waals surface area contributed by atoms with Crippen molar-refractivity contribution >= 4 is 10.9 Å². The highest BCUT2D eigenvalue weighted by atomic mass is 14.7. The molecule has 0 atom stereocenters. The highest BCUT2D eigenvalue weighted by molar-refractivity contribution is 5.85. The van der Waals surface area contributed by atoms with E-state index in [4.69, 9.17) is 5.26 Å². The molecule has 1 aromatic carbocycles. The van der Waals surface area contributed by atoms with Crippen molar-refractivity contribution < 1.29 is 0 Å². The summed E-state index contributed by atoms with van der Waals surface area (Å²) in [5, 5.41) is 9.90. The summed E-state index contributed by atoms with van der Waals surface area (Å²) in [6, 6.07) is 8.38. The normalized spacial score (nSPS) is 10.4. The fourth-order valence-corrected chi connectivity index (χ4v) is 1.94. The molecule has 1 heterocycles. The Kier molecular flexibility index (Phi) is 2.62. The Labute approximate surface area is 95.6 Å². The number of aryl methyl sites for hydroxylation is 3. The molecule has 0 saturated heterocycles. The summed E-state index contributed by atoms with van der Waals surface area (Å²) < 4.78 is 0. The predicted molar refractivity (Wildman–Crippen MR) is 65.3 cm³/mol. The Balaban J connectivity index is 2.79. The van der Waals surface area contributed by atoms with Crippen molar-refractivity contribution in [3.05, 3.63) is 40.6 Å². The molecular formula is C14H14N2. The maximum Gasteiger partial charge on any atom is 0.0775 e. The zero-order valence-electron chi connectivity index (χ0n) is 9.83. The average molecular weight is 210 g/mol. The predicted octanol–water partition coefficient (Wildman–Crippen LogP) is 3.23. The molecule has 2 nitrogen and oxygen atoms in total. The van der Waals surface area contributed by atoms with E-state index in [1.54, 1.807) is 0 Å². The molecule has 0 bridgehead atoms. The Hall–Kier alpha value is -1.88. The van der Waals surface area contributed by atoms with Crippen LogP contribution in [0.1, 0.15) is 22.4 Å². The fourth-order valence-electron chi connectivity index (χ4n) is 1.94. The summed E-state index contributed by atoms with van der Waals surface area (Å²) in [5.41, 5.74) is 5.54. The Morgan fingerprint density at radius 1 is 1.19 bits per heavy atom. The minimum atomic E-state index is 0.379. The summed E-state index contributed by atoms with van der Waals surface area (Å²) in [6.45, 7) is 6.24. The second-order valence-electron chi connectivity index (χ2n) is 4.17. The van der Waals surface area contributed by atoms with Gasteiger partial charge in [-0.1, -0.05) is 12.1 Å². The summed E-state index contributed by atoms with van der Waals surface area (Å²) in [4.78, 5) is 4.56. The molecule has 0 fully saturated rings. The molecule has 2 aromatic rings. The molecule has 0 amide bonds. The highest BCUT2D eigenvalue weighted by Gasteiger charge is 2.06. The molecule has 0 radical (unpaired) electrons. The number of rotatable bonds is 1. The van der Waals surface area contributed by atoms with Gasteiger partial charge in [0.2, 0.25) is 0 Å². The number of hydrogen-bond donors (Lipinski definition) is 0. The lowest BCUT2D eigenvalue weighted by Gasteiger charge is -2.08.